The second kappa shape index (κ2) is 5.13. The molecule has 8 heteroatoms. The summed E-state index contributed by atoms with van der Waals surface area (Å²) in [5.41, 5.74) is 5.34. The van der Waals surface area contributed by atoms with Crippen molar-refractivity contribution in [3.05, 3.63) is 18.2 Å². The predicted molar refractivity (Wildman–Crippen MR) is 62.1 cm³/mol. The van der Waals surface area contributed by atoms with E-state index in [0.717, 1.165) is 0 Å². The molecule has 0 spiro atoms. The Morgan fingerprint density at radius 3 is 2.59 bits per heavy atom. The Balaban J connectivity index is 3.20. The number of ether oxygens (including phenoxy) is 1. The number of carbonyl (C=O) groups is 1. The van der Waals surface area contributed by atoms with Gasteiger partial charge in [-0.3, -0.25) is 4.79 Å². The van der Waals surface area contributed by atoms with Crippen LogP contribution in [0.1, 0.15) is 0 Å². The number of nitrogens with one attached hydrogen (secondary N) is 1. The molecule has 0 saturated heterocycles. The highest BCUT2D eigenvalue weighted by Crippen LogP contribution is 2.26. The summed E-state index contributed by atoms with van der Waals surface area (Å²) in [5, 5.41) is 7.39. The average molecular weight is 259 g/mol. The fourth-order valence-electron chi connectivity index (χ4n) is 1.16. The van der Waals surface area contributed by atoms with Crippen molar-refractivity contribution in [2.45, 2.75) is 4.90 Å². The topological polar surface area (TPSA) is 125 Å². The number of anilines is 1. The van der Waals surface area contributed by atoms with Crippen molar-refractivity contribution < 1.29 is 17.9 Å². The van der Waals surface area contributed by atoms with Crippen molar-refractivity contribution in [1.29, 1.82) is 0 Å². The summed E-state index contributed by atoms with van der Waals surface area (Å²) in [4.78, 5) is 11.0. The van der Waals surface area contributed by atoms with E-state index in [1.54, 1.807) is 0 Å². The molecule has 1 amide bonds. The van der Waals surface area contributed by atoms with Crippen LogP contribution in [0.25, 0.3) is 0 Å². The van der Waals surface area contributed by atoms with E-state index in [4.69, 9.17) is 15.6 Å². The maximum atomic E-state index is 11.1. The van der Waals surface area contributed by atoms with Crippen LogP contribution in [0.5, 0.6) is 5.75 Å². The van der Waals surface area contributed by atoms with E-state index < -0.39 is 15.9 Å². The lowest BCUT2D eigenvalue weighted by atomic mass is 10.3. The highest BCUT2D eigenvalue weighted by Gasteiger charge is 2.13. The van der Waals surface area contributed by atoms with Gasteiger partial charge in [-0.05, 0) is 18.2 Å². The van der Waals surface area contributed by atoms with Gasteiger partial charge in [0.15, 0.2) is 0 Å². The predicted octanol–water partition coefficient (Wildman–Crippen LogP) is -0.760. The third kappa shape index (κ3) is 3.41. The molecule has 0 atom stereocenters. The molecule has 1 aromatic rings. The molecular weight excluding hydrogens is 246 g/mol. The largest absolute Gasteiger partial charge is 0.495 e. The van der Waals surface area contributed by atoms with Crippen LogP contribution in [0, 0.1) is 0 Å². The van der Waals surface area contributed by atoms with E-state index in [1.807, 2.05) is 0 Å². The smallest absolute Gasteiger partial charge is 0.238 e. The number of hydrogen-bond donors (Lipinski definition) is 3. The van der Waals surface area contributed by atoms with Gasteiger partial charge in [0.1, 0.15) is 5.75 Å². The second-order valence-electron chi connectivity index (χ2n) is 3.16. The Kier molecular flexibility index (Phi) is 4.05. The fourth-order valence-corrected chi connectivity index (χ4v) is 1.70. The first kappa shape index (κ1) is 13.4. The lowest BCUT2D eigenvalue weighted by Gasteiger charge is -2.10. The number of carbonyl (C=O) groups excluding carboxylic acids is 1. The summed E-state index contributed by atoms with van der Waals surface area (Å²) in [6, 6.07) is 3.89. The monoisotopic (exact) mass is 259 g/mol. The highest BCUT2D eigenvalue weighted by molar-refractivity contribution is 7.89. The number of benzene rings is 1. The van der Waals surface area contributed by atoms with E-state index in [0.29, 0.717) is 5.75 Å². The van der Waals surface area contributed by atoms with E-state index in [-0.39, 0.29) is 17.1 Å². The second-order valence-corrected chi connectivity index (χ2v) is 4.72. The molecule has 5 N–H and O–H groups in total. The molecule has 0 aliphatic carbocycles. The maximum absolute atomic E-state index is 11.1. The van der Waals surface area contributed by atoms with Crippen LogP contribution in [-0.2, 0) is 14.8 Å². The van der Waals surface area contributed by atoms with Gasteiger partial charge in [0.25, 0.3) is 0 Å². The van der Waals surface area contributed by atoms with Crippen molar-refractivity contribution in [3.63, 3.8) is 0 Å². The Bertz CT molecular complexity index is 527. The minimum atomic E-state index is -3.83. The molecule has 0 aliphatic heterocycles. The van der Waals surface area contributed by atoms with E-state index in [2.05, 4.69) is 5.32 Å². The molecule has 94 valence electrons. The lowest BCUT2D eigenvalue weighted by molar-refractivity contribution is -0.114. The zero-order valence-electron chi connectivity index (χ0n) is 9.14. The standard InChI is InChI=1S/C9H13N3O4S/c1-16-8-3-2-6(17(11,14)15)4-7(8)12-9(13)5-10/h2-4H,5,10H2,1H3,(H,12,13)(H2,11,14,15). The van der Waals surface area contributed by atoms with Crippen LogP contribution in [0.4, 0.5) is 5.69 Å². The Morgan fingerprint density at radius 2 is 2.12 bits per heavy atom. The molecule has 0 radical (unpaired) electrons. The molecular formula is C9H13N3O4S. The summed E-state index contributed by atoms with van der Waals surface area (Å²) in [6.07, 6.45) is 0. The minimum Gasteiger partial charge on any atom is -0.495 e. The third-order valence-corrected chi connectivity index (χ3v) is 2.87. The summed E-state index contributed by atoms with van der Waals surface area (Å²) in [6.45, 7) is -0.219. The molecule has 0 saturated carbocycles. The molecule has 0 aliphatic rings. The van der Waals surface area contributed by atoms with Crippen molar-refractivity contribution in [2.75, 3.05) is 19.0 Å². The highest BCUT2D eigenvalue weighted by atomic mass is 32.2. The molecule has 0 unspecified atom stereocenters. The molecule has 1 aromatic carbocycles. The first-order valence-electron chi connectivity index (χ1n) is 4.59. The zero-order valence-corrected chi connectivity index (χ0v) is 9.95. The summed E-state index contributed by atoms with van der Waals surface area (Å²) < 4.78 is 27.2. The fraction of sp³-hybridized carbons (Fsp3) is 0.222. The van der Waals surface area contributed by atoms with Crippen molar-refractivity contribution >= 4 is 21.6 Å². The lowest BCUT2D eigenvalue weighted by Crippen LogP contribution is -2.22. The zero-order chi connectivity index (χ0) is 13.1. The van der Waals surface area contributed by atoms with Gasteiger partial charge in [0, 0.05) is 0 Å². The van der Waals surface area contributed by atoms with Gasteiger partial charge in [-0.15, -0.1) is 0 Å². The number of sulfonamides is 1. The van der Waals surface area contributed by atoms with Gasteiger partial charge in [-0.2, -0.15) is 0 Å². The number of amides is 1. The van der Waals surface area contributed by atoms with Gasteiger partial charge < -0.3 is 15.8 Å². The maximum Gasteiger partial charge on any atom is 0.238 e. The molecule has 0 heterocycles. The van der Waals surface area contributed by atoms with Crippen molar-refractivity contribution in [2.24, 2.45) is 10.9 Å². The normalized spacial score (nSPS) is 11.0. The SMILES string of the molecule is COc1ccc(S(N)(=O)=O)cc1NC(=O)CN. The number of hydrogen-bond acceptors (Lipinski definition) is 5. The Labute approximate surface area is 98.8 Å². The van der Waals surface area contributed by atoms with Crippen LogP contribution in [-0.4, -0.2) is 28.0 Å². The van der Waals surface area contributed by atoms with E-state index >= 15 is 0 Å². The van der Waals surface area contributed by atoms with Gasteiger partial charge in [0.2, 0.25) is 15.9 Å². The number of primary sulfonamides is 1. The molecule has 7 nitrogen and oxygen atoms in total. The average Bonchev–Trinajstić information content (AvgIpc) is 2.27. The molecule has 0 bridgehead atoms. The van der Waals surface area contributed by atoms with Gasteiger partial charge >= 0.3 is 0 Å². The Morgan fingerprint density at radius 1 is 1.47 bits per heavy atom. The molecule has 0 fully saturated rings. The third-order valence-electron chi connectivity index (χ3n) is 1.96. The number of nitrogens with two attached hydrogens (primary N) is 2. The van der Waals surface area contributed by atoms with Crippen LogP contribution in [0.3, 0.4) is 0 Å². The van der Waals surface area contributed by atoms with E-state index in [1.165, 1.54) is 25.3 Å². The summed E-state index contributed by atoms with van der Waals surface area (Å²) in [7, 11) is -2.44. The molecule has 1 rings (SSSR count). The quantitative estimate of drug-likeness (QED) is 0.655. The van der Waals surface area contributed by atoms with Gasteiger partial charge in [0.05, 0.1) is 24.2 Å². The molecule has 17 heavy (non-hydrogen) atoms. The van der Waals surface area contributed by atoms with Crippen LogP contribution < -0.4 is 20.9 Å². The van der Waals surface area contributed by atoms with E-state index in [9.17, 15) is 13.2 Å². The molecule has 0 aromatic heterocycles. The van der Waals surface area contributed by atoms with Crippen LogP contribution >= 0.6 is 0 Å². The van der Waals surface area contributed by atoms with Gasteiger partial charge in [-0.1, -0.05) is 0 Å². The van der Waals surface area contributed by atoms with Crippen LogP contribution in [0.2, 0.25) is 0 Å². The first-order chi connectivity index (χ1) is 7.88. The van der Waals surface area contributed by atoms with Crippen molar-refractivity contribution in [1.82, 2.24) is 0 Å². The van der Waals surface area contributed by atoms with Gasteiger partial charge in [-0.25, -0.2) is 13.6 Å². The van der Waals surface area contributed by atoms with Crippen LogP contribution in [0.15, 0.2) is 23.1 Å². The first-order valence-corrected chi connectivity index (χ1v) is 6.14. The number of methoxy groups -OCH3 is 1. The van der Waals surface area contributed by atoms with Crippen molar-refractivity contribution in [3.8, 4) is 5.75 Å². The Hall–Kier alpha value is -1.64. The summed E-state index contributed by atoms with van der Waals surface area (Å²) >= 11 is 0. The minimum absolute atomic E-state index is 0.120. The summed E-state index contributed by atoms with van der Waals surface area (Å²) in [5.74, 6) is -0.144. The number of rotatable bonds is 4.